The van der Waals surface area contributed by atoms with Crippen LogP contribution in [-0.4, -0.2) is 13.1 Å². The second-order valence-corrected chi connectivity index (χ2v) is 5.26. The number of hydrogen-bond donors (Lipinski definition) is 1. The van der Waals surface area contributed by atoms with Crippen molar-refractivity contribution in [2.75, 3.05) is 13.1 Å². The Labute approximate surface area is 98.3 Å². The van der Waals surface area contributed by atoms with Gasteiger partial charge in [-0.2, -0.15) is 0 Å². The molecule has 1 N–H and O–H groups in total. The van der Waals surface area contributed by atoms with Gasteiger partial charge >= 0.3 is 0 Å². The van der Waals surface area contributed by atoms with Crippen LogP contribution in [0.4, 0.5) is 0 Å². The summed E-state index contributed by atoms with van der Waals surface area (Å²) in [6, 6.07) is 7.29. The lowest BCUT2D eigenvalue weighted by atomic mass is 9.84. The van der Waals surface area contributed by atoms with E-state index >= 15 is 0 Å². The van der Waals surface area contributed by atoms with E-state index < -0.39 is 0 Å². The molecule has 0 atom stereocenters. The summed E-state index contributed by atoms with van der Waals surface area (Å²) < 4.78 is 0. The van der Waals surface area contributed by atoms with Crippen LogP contribution < -0.4 is 5.32 Å². The molecule has 1 nitrogen and oxygen atoms in total. The van der Waals surface area contributed by atoms with Crippen molar-refractivity contribution in [2.24, 2.45) is 0 Å². The maximum absolute atomic E-state index is 3.45. The lowest BCUT2D eigenvalue weighted by Gasteiger charge is -2.25. The first-order valence-corrected chi connectivity index (χ1v) is 6.76. The fraction of sp³-hybridized carbons (Fsp3) is 0.600. The molecule has 0 aromatic heterocycles. The zero-order valence-electron chi connectivity index (χ0n) is 9.97. The minimum atomic E-state index is 0.813. The molecule has 0 amide bonds. The third kappa shape index (κ3) is 2.01. The normalized spacial score (nSPS) is 21.8. The van der Waals surface area contributed by atoms with E-state index in [0.29, 0.717) is 0 Å². The van der Waals surface area contributed by atoms with Crippen LogP contribution in [0.2, 0.25) is 0 Å². The van der Waals surface area contributed by atoms with Crippen molar-refractivity contribution in [1.29, 1.82) is 0 Å². The fourth-order valence-corrected chi connectivity index (χ4v) is 3.16. The topological polar surface area (TPSA) is 12.0 Å². The van der Waals surface area contributed by atoms with Gasteiger partial charge in [0.05, 0.1) is 0 Å². The number of benzene rings is 1. The Morgan fingerprint density at radius 1 is 0.938 bits per heavy atom. The second-order valence-electron chi connectivity index (χ2n) is 5.26. The van der Waals surface area contributed by atoms with Gasteiger partial charge in [0.2, 0.25) is 0 Å². The predicted octanol–water partition coefficient (Wildman–Crippen LogP) is 3.03. The van der Waals surface area contributed by atoms with Crippen molar-refractivity contribution >= 4 is 0 Å². The van der Waals surface area contributed by atoms with Gasteiger partial charge in [-0.1, -0.05) is 18.2 Å². The third-order valence-corrected chi connectivity index (χ3v) is 4.18. The lowest BCUT2D eigenvalue weighted by Crippen LogP contribution is -2.26. The molecular weight excluding hydrogens is 194 g/mol. The van der Waals surface area contributed by atoms with Gasteiger partial charge in [0.1, 0.15) is 0 Å². The Balaban J connectivity index is 1.84. The van der Waals surface area contributed by atoms with Gasteiger partial charge in [0.25, 0.3) is 0 Å². The average molecular weight is 215 g/mol. The van der Waals surface area contributed by atoms with E-state index in [4.69, 9.17) is 0 Å². The summed E-state index contributed by atoms with van der Waals surface area (Å²) in [4.78, 5) is 0. The maximum Gasteiger partial charge on any atom is -0.00431 e. The molecule has 1 aromatic carbocycles. The molecular formula is C15H21N. The van der Waals surface area contributed by atoms with Crippen LogP contribution in [0.25, 0.3) is 0 Å². The van der Waals surface area contributed by atoms with E-state index in [1.165, 1.54) is 51.6 Å². The van der Waals surface area contributed by atoms with E-state index in [1.54, 1.807) is 16.7 Å². The van der Waals surface area contributed by atoms with Gasteiger partial charge in [-0.3, -0.25) is 0 Å². The van der Waals surface area contributed by atoms with Gasteiger partial charge in [0.15, 0.2) is 0 Å². The molecule has 1 aliphatic carbocycles. The Morgan fingerprint density at radius 3 is 2.50 bits per heavy atom. The molecule has 0 radical (unpaired) electrons. The van der Waals surface area contributed by atoms with Crippen LogP contribution in [0, 0.1) is 0 Å². The average Bonchev–Trinajstić information content (AvgIpc) is 2.39. The molecule has 1 heterocycles. The Kier molecular flexibility index (Phi) is 2.96. The summed E-state index contributed by atoms with van der Waals surface area (Å²) in [5.41, 5.74) is 4.85. The summed E-state index contributed by atoms with van der Waals surface area (Å²) in [6.07, 6.45) is 8.04. The number of rotatable bonds is 1. The Morgan fingerprint density at radius 2 is 1.69 bits per heavy atom. The van der Waals surface area contributed by atoms with E-state index in [2.05, 4.69) is 23.5 Å². The molecule has 1 saturated heterocycles. The van der Waals surface area contributed by atoms with Gasteiger partial charge in [0, 0.05) is 0 Å². The monoisotopic (exact) mass is 215 g/mol. The zero-order chi connectivity index (χ0) is 10.8. The first-order chi connectivity index (χ1) is 7.93. The van der Waals surface area contributed by atoms with Gasteiger partial charge in [-0.25, -0.2) is 0 Å². The van der Waals surface area contributed by atoms with Crippen molar-refractivity contribution in [2.45, 2.75) is 44.4 Å². The van der Waals surface area contributed by atoms with Crippen LogP contribution in [-0.2, 0) is 12.8 Å². The quantitative estimate of drug-likeness (QED) is 0.759. The molecule has 0 unspecified atom stereocenters. The maximum atomic E-state index is 3.45. The second kappa shape index (κ2) is 4.58. The summed E-state index contributed by atoms with van der Waals surface area (Å²) in [5.74, 6) is 0.813. The molecule has 3 rings (SSSR count). The zero-order valence-corrected chi connectivity index (χ0v) is 9.97. The Bertz CT molecular complexity index is 364. The number of hydrogen-bond acceptors (Lipinski definition) is 1. The van der Waals surface area contributed by atoms with Gasteiger partial charge in [-0.15, -0.1) is 0 Å². The highest BCUT2D eigenvalue weighted by molar-refractivity contribution is 5.35. The fourth-order valence-electron chi connectivity index (χ4n) is 3.16. The molecule has 1 aliphatic heterocycles. The molecule has 0 bridgehead atoms. The van der Waals surface area contributed by atoms with Gasteiger partial charge in [-0.05, 0) is 74.2 Å². The SMILES string of the molecule is c1cc2c(cc1C1CCNCC1)CCCC2. The summed E-state index contributed by atoms with van der Waals surface area (Å²) >= 11 is 0. The molecule has 1 heteroatoms. The number of aryl methyl sites for hydroxylation is 2. The van der Waals surface area contributed by atoms with Crippen molar-refractivity contribution in [1.82, 2.24) is 5.32 Å². The highest BCUT2D eigenvalue weighted by Gasteiger charge is 2.17. The van der Waals surface area contributed by atoms with E-state index in [-0.39, 0.29) is 0 Å². The third-order valence-electron chi connectivity index (χ3n) is 4.18. The summed E-state index contributed by atoms with van der Waals surface area (Å²) in [5, 5.41) is 3.45. The van der Waals surface area contributed by atoms with Crippen LogP contribution in [0.15, 0.2) is 18.2 Å². The first-order valence-electron chi connectivity index (χ1n) is 6.76. The molecule has 1 aromatic rings. The lowest BCUT2D eigenvalue weighted by molar-refractivity contribution is 0.460. The minimum Gasteiger partial charge on any atom is -0.317 e. The molecule has 0 saturated carbocycles. The van der Waals surface area contributed by atoms with Crippen LogP contribution in [0.5, 0.6) is 0 Å². The van der Waals surface area contributed by atoms with Crippen molar-refractivity contribution in [3.05, 3.63) is 34.9 Å². The van der Waals surface area contributed by atoms with E-state index in [9.17, 15) is 0 Å². The molecule has 2 aliphatic rings. The van der Waals surface area contributed by atoms with E-state index in [1.807, 2.05) is 0 Å². The molecule has 16 heavy (non-hydrogen) atoms. The Hall–Kier alpha value is -0.820. The smallest absolute Gasteiger partial charge is 0.00431 e. The predicted molar refractivity (Wildman–Crippen MR) is 67.9 cm³/mol. The van der Waals surface area contributed by atoms with E-state index in [0.717, 1.165) is 5.92 Å². The highest BCUT2D eigenvalue weighted by Crippen LogP contribution is 2.29. The largest absolute Gasteiger partial charge is 0.317 e. The van der Waals surface area contributed by atoms with Crippen LogP contribution in [0.3, 0.4) is 0 Å². The molecule has 1 fully saturated rings. The molecule has 86 valence electrons. The van der Waals surface area contributed by atoms with Crippen molar-refractivity contribution < 1.29 is 0 Å². The number of fused-ring (bicyclic) bond motifs is 1. The first kappa shape index (κ1) is 10.3. The van der Waals surface area contributed by atoms with Crippen LogP contribution >= 0.6 is 0 Å². The van der Waals surface area contributed by atoms with Crippen LogP contribution in [0.1, 0.15) is 48.3 Å². The molecule has 0 spiro atoms. The summed E-state index contributed by atoms with van der Waals surface area (Å²) in [6.45, 7) is 2.39. The minimum absolute atomic E-state index is 0.813. The van der Waals surface area contributed by atoms with Crippen molar-refractivity contribution in [3.63, 3.8) is 0 Å². The van der Waals surface area contributed by atoms with Crippen molar-refractivity contribution in [3.8, 4) is 0 Å². The standard InChI is InChI=1S/C15H21N/c1-2-4-14-11-15(6-5-12(14)3-1)13-7-9-16-10-8-13/h5-6,11,13,16H,1-4,7-10H2. The summed E-state index contributed by atoms with van der Waals surface area (Å²) in [7, 11) is 0. The number of nitrogens with one attached hydrogen (secondary N) is 1. The van der Waals surface area contributed by atoms with Gasteiger partial charge < -0.3 is 5.32 Å². The highest BCUT2D eigenvalue weighted by atomic mass is 14.9. The number of piperidine rings is 1.